The van der Waals surface area contributed by atoms with Gasteiger partial charge >= 0.3 is 0 Å². The van der Waals surface area contributed by atoms with E-state index in [1.54, 1.807) is 0 Å². The summed E-state index contributed by atoms with van der Waals surface area (Å²) in [5.74, 6) is 0.311. The number of nitrogens with zero attached hydrogens (tertiary/aromatic N) is 2. The maximum absolute atomic E-state index is 13.5. The van der Waals surface area contributed by atoms with Crippen LogP contribution in [0.5, 0.6) is 0 Å². The number of amides is 2. The molecule has 0 saturated carbocycles. The summed E-state index contributed by atoms with van der Waals surface area (Å²) in [7, 11) is 0. The smallest absolute Gasteiger partial charge is 0.255 e. The van der Waals surface area contributed by atoms with Gasteiger partial charge < -0.3 is 14.5 Å². The van der Waals surface area contributed by atoms with Crippen molar-refractivity contribution < 1.29 is 14.3 Å². The second-order valence-corrected chi connectivity index (χ2v) is 9.82. The van der Waals surface area contributed by atoms with E-state index in [4.69, 9.17) is 16.3 Å². The molecule has 2 aliphatic rings. The highest BCUT2D eigenvalue weighted by Crippen LogP contribution is 2.31. The molecule has 0 aliphatic carbocycles. The number of carbonyl (C=O) groups excluding carboxylic acids is 2. The van der Waals surface area contributed by atoms with Gasteiger partial charge in [-0.1, -0.05) is 54.1 Å². The molecule has 0 N–H and O–H groups in total. The van der Waals surface area contributed by atoms with E-state index in [0.717, 1.165) is 22.6 Å². The summed E-state index contributed by atoms with van der Waals surface area (Å²) in [5.41, 5.74) is 3.83. The molecule has 3 aromatic carbocycles. The van der Waals surface area contributed by atoms with Gasteiger partial charge in [-0.2, -0.15) is 0 Å². The Labute approximate surface area is 208 Å². The molecule has 0 aromatic heterocycles. The second-order valence-electron chi connectivity index (χ2n) is 8.37. The number of hydrogen-bond donors (Lipinski definition) is 0. The Morgan fingerprint density at radius 3 is 2.59 bits per heavy atom. The van der Waals surface area contributed by atoms with Crippen molar-refractivity contribution in [3.63, 3.8) is 0 Å². The summed E-state index contributed by atoms with van der Waals surface area (Å²) < 4.78 is 5.92. The summed E-state index contributed by atoms with van der Waals surface area (Å²) in [5, 5.41) is 0.672. The summed E-state index contributed by atoms with van der Waals surface area (Å²) in [6.07, 6.45) is 0.694. The molecule has 1 saturated heterocycles. The van der Waals surface area contributed by atoms with E-state index >= 15 is 0 Å². The number of rotatable bonds is 5. The minimum atomic E-state index is -0.188. The highest BCUT2D eigenvalue weighted by atomic mass is 35.5. The number of halogens is 1. The molecule has 5 nitrogen and oxygen atoms in total. The van der Waals surface area contributed by atoms with Gasteiger partial charge in [-0.3, -0.25) is 9.59 Å². The van der Waals surface area contributed by atoms with Crippen molar-refractivity contribution in [1.82, 2.24) is 4.90 Å². The molecular formula is C27H25ClN2O3S. The number of anilines is 1. The predicted molar refractivity (Wildman–Crippen MR) is 136 cm³/mol. The summed E-state index contributed by atoms with van der Waals surface area (Å²) in [6.45, 7) is 2.19. The minimum absolute atomic E-state index is 0.0377. The van der Waals surface area contributed by atoms with Crippen molar-refractivity contribution >= 4 is 40.9 Å². The third-order valence-electron chi connectivity index (χ3n) is 6.25. The number of thioether (sulfide) groups is 1. The lowest BCUT2D eigenvalue weighted by Gasteiger charge is -2.33. The second kappa shape index (κ2) is 10.2. The van der Waals surface area contributed by atoms with Gasteiger partial charge in [0.25, 0.3) is 5.91 Å². The van der Waals surface area contributed by atoms with Crippen LogP contribution in [0.3, 0.4) is 0 Å². The Kier molecular flexibility index (Phi) is 6.90. The third-order valence-corrected chi connectivity index (χ3v) is 7.56. The molecule has 2 amide bonds. The highest BCUT2D eigenvalue weighted by Gasteiger charge is 2.28. The maximum atomic E-state index is 13.5. The Morgan fingerprint density at radius 1 is 0.971 bits per heavy atom. The molecule has 174 valence electrons. The standard InChI is InChI=1S/C27H25ClN2O3S/c28-21-11-9-20(10-12-21)24-17-29(15-16-33-24)27(32)22-6-2-4-8-25(22)34-18-26(31)30-14-13-19-5-1-3-7-23(19)30/h1-12,24H,13-18H2. The Hall–Kier alpha value is -2.80. The van der Waals surface area contributed by atoms with Gasteiger partial charge in [0.2, 0.25) is 5.91 Å². The Balaban J connectivity index is 1.27. The molecule has 0 radical (unpaired) electrons. The van der Waals surface area contributed by atoms with Gasteiger partial charge in [0.1, 0.15) is 6.10 Å². The van der Waals surface area contributed by atoms with Gasteiger partial charge in [0, 0.05) is 28.7 Å². The minimum Gasteiger partial charge on any atom is -0.370 e. The van der Waals surface area contributed by atoms with Crippen molar-refractivity contribution in [3.8, 4) is 0 Å². The van der Waals surface area contributed by atoms with E-state index < -0.39 is 0 Å². The van der Waals surface area contributed by atoms with Crippen LogP contribution in [0.2, 0.25) is 5.02 Å². The van der Waals surface area contributed by atoms with Crippen molar-refractivity contribution in [3.05, 3.63) is 94.5 Å². The average molecular weight is 493 g/mol. The summed E-state index contributed by atoms with van der Waals surface area (Å²) in [4.78, 5) is 30.9. The van der Waals surface area contributed by atoms with Crippen LogP contribution in [0.25, 0.3) is 0 Å². The predicted octanol–water partition coefficient (Wildman–Crippen LogP) is 5.24. The number of hydrogen-bond acceptors (Lipinski definition) is 4. The zero-order valence-corrected chi connectivity index (χ0v) is 20.2. The van der Waals surface area contributed by atoms with Crippen molar-refractivity contribution in [2.24, 2.45) is 0 Å². The molecular weight excluding hydrogens is 468 g/mol. The van der Waals surface area contributed by atoms with E-state index in [-0.39, 0.29) is 23.7 Å². The maximum Gasteiger partial charge on any atom is 0.255 e. The van der Waals surface area contributed by atoms with Crippen LogP contribution in [0.15, 0.2) is 77.7 Å². The number of para-hydroxylation sites is 1. The topological polar surface area (TPSA) is 49.9 Å². The first-order chi connectivity index (χ1) is 16.6. The van der Waals surface area contributed by atoms with Gasteiger partial charge in [-0.25, -0.2) is 0 Å². The molecule has 2 heterocycles. The van der Waals surface area contributed by atoms with Crippen LogP contribution in [0.4, 0.5) is 5.69 Å². The van der Waals surface area contributed by atoms with Gasteiger partial charge in [0.15, 0.2) is 0 Å². The summed E-state index contributed by atoms with van der Waals surface area (Å²) >= 11 is 7.43. The lowest BCUT2D eigenvalue weighted by molar-refractivity contribution is -0.116. The zero-order chi connectivity index (χ0) is 23.5. The Morgan fingerprint density at radius 2 is 1.74 bits per heavy atom. The molecule has 34 heavy (non-hydrogen) atoms. The van der Waals surface area contributed by atoms with Gasteiger partial charge in [-0.15, -0.1) is 11.8 Å². The van der Waals surface area contributed by atoms with Crippen LogP contribution < -0.4 is 4.90 Å². The highest BCUT2D eigenvalue weighted by molar-refractivity contribution is 8.00. The van der Waals surface area contributed by atoms with Crippen LogP contribution in [-0.4, -0.2) is 48.7 Å². The number of fused-ring (bicyclic) bond motifs is 1. The van der Waals surface area contributed by atoms with Crippen LogP contribution in [0.1, 0.15) is 27.6 Å². The van der Waals surface area contributed by atoms with Crippen LogP contribution >= 0.6 is 23.4 Å². The SMILES string of the molecule is O=C(c1ccccc1SCC(=O)N1CCc2ccccc21)N1CCOC(c2ccc(Cl)cc2)C1. The molecule has 5 rings (SSSR count). The van der Waals surface area contributed by atoms with E-state index in [9.17, 15) is 9.59 Å². The zero-order valence-electron chi connectivity index (χ0n) is 18.7. The first kappa shape index (κ1) is 23.0. The average Bonchev–Trinajstić information content (AvgIpc) is 3.32. The molecule has 1 unspecified atom stereocenters. The molecule has 3 aromatic rings. The largest absolute Gasteiger partial charge is 0.370 e. The molecule has 2 aliphatic heterocycles. The van der Waals surface area contributed by atoms with Gasteiger partial charge in [0.05, 0.1) is 24.5 Å². The number of morpholine rings is 1. The lowest BCUT2D eigenvalue weighted by atomic mass is 10.1. The number of carbonyl (C=O) groups is 2. The molecule has 1 atom stereocenters. The molecule has 0 spiro atoms. The van der Waals surface area contributed by atoms with Crippen molar-refractivity contribution in [1.29, 1.82) is 0 Å². The third kappa shape index (κ3) is 4.85. The number of ether oxygens (including phenoxy) is 1. The first-order valence-corrected chi connectivity index (χ1v) is 12.7. The Bertz CT molecular complexity index is 1200. The molecule has 7 heteroatoms. The quantitative estimate of drug-likeness (QED) is 0.457. The van der Waals surface area contributed by atoms with E-state index in [1.165, 1.54) is 17.3 Å². The monoisotopic (exact) mass is 492 g/mol. The van der Waals surface area contributed by atoms with Gasteiger partial charge in [-0.05, 0) is 47.9 Å². The van der Waals surface area contributed by atoms with Crippen LogP contribution in [-0.2, 0) is 16.0 Å². The van der Waals surface area contributed by atoms with Crippen molar-refractivity contribution in [2.45, 2.75) is 17.4 Å². The number of benzene rings is 3. The molecule has 1 fully saturated rings. The van der Waals surface area contributed by atoms with E-state index in [2.05, 4.69) is 6.07 Å². The van der Waals surface area contributed by atoms with E-state index in [1.807, 2.05) is 76.5 Å². The lowest BCUT2D eigenvalue weighted by Crippen LogP contribution is -2.42. The summed E-state index contributed by atoms with van der Waals surface area (Å²) in [6, 6.07) is 23.1. The van der Waals surface area contributed by atoms with E-state index in [0.29, 0.717) is 36.8 Å². The fourth-order valence-corrected chi connectivity index (χ4v) is 5.51. The van der Waals surface area contributed by atoms with Crippen molar-refractivity contribution in [2.75, 3.05) is 36.9 Å². The fraction of sp³-hybridized carbons (Fsp3) is 0.259. The normalized spacial score (nSPS) is 17.5. The molecule has 0 bridgehead atoms. The first-order valence-electron chi connectivity index (χ1n) is 11.4. The fourth-order valence-electron chi connectivity index (χ4n) is 4.47. The van der Waals surface area contributed by atoms with Crippen LogP contribution in [0, 0.1) is 0 Å².